The van der Waals surface area contributed by atoms with Gasteiger partial charge in [0.05, 0.1) is 17.1 Å². The minimum absolute atomic E-state index is 0.0290. The molecule has 0 spiro atoms. The lowest BCUT2D eigenvalue weighted by molar-refractivity contribution is -0.140. The third-order valence-corrected chi connectivity index (χ3v) is 5.91. The Morgan fingerprint density at radius 1 is 1.28 bits per heavy atom. The lowest BCUT2D eigenvalue weighted by atomic mass is 9.98. The van der Waals surface area contributed by atoms with Gasteiger partial charge in [0, 0.05) is 19.0 Å². The van der Waals surface area contributed by atoms with Crippen LogP contribution in [0.2, 0.25) is 0 Å². The average molecular weight is 380 g/mol. The predicted octanol–water partition coefficient (Wildman–Crippen LogP) is 2.17. The summed E-state index contributed by atoms with van der Waals surface area (Å²) in [6, 6.07) is 4.10. The van der Waals surface area contributed by atoms with E-state index in [0.29, 0.717) is 6.61 Å². The molecule has 1 amide bonds. The maximum atomic E-state index is 13.1. The number of nitrogens with one attached hydrogen (secondary N) is 1. The number of halogens is 3. The van der Waals surface area contributed by atoms with Gasteiger partial charge < -0.3 is 0 Å². The van der Waals surface area contributed by atoms with Crippen molar-refractivity contribution in [3.8, 4) is 0 Å². The summed E-state index contributed by atoms with van der Waals surface area (Å²) < 4.78 is 65.4. The van der Waals surface area contributed by atoms with E-state index in [-0.39, 0.29) is 31.8 Å². The van der Waals surface area contributed by atoms with Gasteiger partial charge in [0.2, 0.25) is 15.9 Å². The van der Waals surface area contributed by atoms with Crippen LogP contribution in [-0.2, 0) is 25.8 Å². The van der Waals surface area contributed by atoms with Crippen molar-refractivity contribution < 1.29 is 31.2 Å². The fourth-order valence-corrected chi connectivity index (χ4v) is 4.33. The molecule has 0 bridgehead atoms. The summed E-state index contributed by atoms with van der Waals surface area (Å²) in [5.74, 6) is -0.787. The van der Waals surface area contributed by atoms with E-state index in [1.807, 2.05) is 0 Å². The standard InChI is InChI=1S/C15H19F3N2O4S/c1-2-24-19-14(21)11-7-9-20(10-8-11)25(22,23)13-6-4-3-5-12(13)15(16,17)18/h3-6,11H,2,7-10H2,1H3,(H,19,21). The molecule has 1 aromatic rings. The number of piperidine rings is 1. The van der Waals surface area contributed by atoms with E-state index in [0.717, 1.165) is 22.5 Å². The molecule has 0 saturated carbocycles. The summed E-state index contributed by atoms with van der Waals surface area (Å²) in [6.45, 7) is 1.94. The highest BCUT2D eigenvalue weighted by Crippen LogP contribution is 2.36. The topological polar surface area (TPSA) is 75.7 Å². The van der Waals surface area contributed by atoms with Gasteiger partial charge in [0.15, 0.2) is 0 Å². The second-order valence-electron chi connectivity index (χ2n) is 5.57. The van der Waals surface area contributed by atoms with E-state index in [1.54, 1.807) is 6.92 Å². The Morgan fingerprint density at radius 3 is 2.44 bits per heavy atom. The lowest BCUT2D eigenvalue weighted by Gasteiger charge is -2.31. The molecule has 25 heavy (non-hydrogen) atoms. The molecule has 6 nitrogen and oxygen atoms in total. The number of carbonyl (C=O) groups excluding carboxylic acids is 1. The first kappa shape index (κ1) is 19.7. The van der Waals surface area contributed by atoms with E-state index in [1.165, 1.54) is 6.07 Å². The third-order valence-electron chi connectivity index (χ3n) is 3.95. The van der Waals surface area contributed by atoms with Gasteiger partial charge in [-0.2, -0.15) is 17.5 Å². The van der Waals surface area contributed by atoms with Gasteiger partial charge in [-0.15, -0.1) is 0 Å². The second kappa shape index (κ2) is 7.71. The van der Waals surface area contributed by atoms with Crippen LogP contribution >= 0.6 is 0 Å². The van der Waals surface area contributed by atoms with Crippen molar-refractivity contribution in [1.82, 2.24) is 9.79 Å². The minimum Gasteiger partial charge on any atom is -0.274 e. The summed E-state index contributed by atoms with van der Waals surface area (Å²) in [4.78, 5) is 15.9. The Hall–Kier alpha value is -1.65. The maximum Gasteiger partial charge on any atom is 0.417 e. The molecule has 140 valence electrons. The number of nitrogens with zero attached hydrogens (tertiary/aromatic N) is 1. The highest BCUT2D eigenvalue weighted by atomic mass is 32.2. The van der Waals surface area contributed by atoms with E-state index in [4.69, 9.17) is 4.84 Å². The van der Waals surface area contributed by atoms with Crippen LogP contribution in [0.1, 0.15) is 25.3 Å². The van der Waals surface area contributed by atoms with Crippen LogP contribution in [0, 0.1) is 5.92 Å². The first-order valence-corrected chi connectivity index (χ1v) is 9.20. The van der Waals surface area contributed by atoms with E-state index < -0.39 is 32.6 Å². The molecule has 1 heterocycles. The van der Waals surface area contributed by atoms with Crippen molar-refractivity contribution >= 4 is 15.9 Å². The van der Waals surface area contributed by atoms with Crippen LogP contribution < -0.4 is 5.48 Å². The number of sulfonamides is 1. The molecule has 0 atom stereocenters. The number of benzene rings is 1. The van der Waals surface area contributed by atoms with E-state index in [9.17, 15) is 26.4 Å². The van der Waals surface area contributed by atoms with E-state index >= 15 is 0 Å². The Balaban J connectivity index is 2.15. The summed E-state index contributed by atoms with van der Waals surface area (Å²) in [6.07, 6.45) is -4.34. The molecule has 1 saturated heterocycles. The number of rotatable bonds is 5. The normalized spacial score (nSPS) is 17.4. The zero-order valence-corrected chi connectivity index (χ0v) is 14.4. The highest BCUT2D eigenvalue weighted by Gasteiger charge is 2.40. The summed E-state index contributed by atoms with van der Waals surface area (Å²) in [5, 5.41) is 0. The third kappa shape index (κ3) is 4.50. The van der Waals surface area contributed by atoms with Crippen LogP contribution in [0.25, 0.3) is 0 Å². The maximum absolute atomic E-state index is 13.1. The van der Waals surface area contributed by atoms with Crippen molar-refractivity contribution in [3.63, 3.8) is 0 Å². The highest BCUT2D eigenvalue weighted by molar-refractivity contribution is 7.89. The Kier molecular flexibility index (Phi) is 6.07. The molecule has 1 aliphatic rings. The Labute approximate surface area is 144 Å². The fourth-order valence-electron chi connectivity index (χ4n) is 2.65. The lowest BCUT2D eigenvalue weighted by Crippen LogP contribution is -2.43. The Morgan fingerprint density at radius 2 is 1.88 bits per heavy atom. The van der Waals surface area contributed by atoms with E-state index in [2.05, 4.69) is 5.48 Å². The molecule has 2 rings (SSSR count). The molecule has 0 unspecified atom stereocenters. The number of amides is 1. The van der Waals surface area contributed by atoms with Crippen LogP contribution in [0.4, 0.5) is 13.2 Å². The molecular formula is C15H19F3N2O4S. The molecule has 0 aromatic heterocycles. The van der Waals surface area contributed by atoms with Crippen LogP contribution in [0.5, 0.6) is 0 Å². The molecule has 0 radical (unpaired) electrons. The summed E-state index contributed by atoms with van der Waals surface area (Å²) in [5.41, 5.74) is 1.07. The minimum atomic E-state index is -4.76. The average Bonchev–Trinajstić information content (AvgIpc) is 2.59. The van der Waals surface area contributed by atoms with Crippen LogP contribution in [-0.4, -0.2) is 38.3 Å². The number of hydrogen-bond acceptors (Lipinski definition) is 4. The summed E-state index contributed by atoms with van der Waals surface area (Å²) >= 11 is 0. The second-order valence-corrected chi connectivity index (χ2v) is 7.48. The molecular weight excluding hydrogens is 361 g/mol. The SMILES string of the molecule is CCONC(=O)C1CCN(S(=O)(=O)c2ccccc2C(F)(F)F)CC1. The molecule has 0 aliphatic carbocycles. The molecule has 1 fully saturated rings. The molecule has 10 heteroatoms. The molecule has 1 aromatic carbocycles. The quantitative estimate of drug-likeness (QED) is 0.795. The van der Waals surface area contributed by atoms with Crippen LogP contribution in [0.3, 0.4) is 0 Å². The molecule has 1 aliphatic heterocycles. The molecule has 1 N–H and O–H groups in total. The predicted molar refractivity (Wildman–Crippen MR) is 82.7 cm³/mol. The first-order valence-electron chi connectivity index (χ1n) is 7.76. The number of hydroxylamine groups is 1. The smallest absolute Gasteiger partial charge is 0.274 e. The number of alkyl halides is 3. The van der Waals surface area contributed by atoms with Gasteiger partial charge in [-0.3, -0.25) is 9.63 Å². The van der Waals surface area contributed by atoms with Gasteiger partial charge in [-0.1, -0.05) is 12.1 Å². The monoisotopic (exact) mass is 380 g/mol. The largest absolute Gasteiger partial charge is 0.417 e. The van der Waals surface area contributed by atoms with Gasteiger partial charge in [-0.05, 0) is 31.9 Å². The van der Waals surface area contributed by atoms with Gasteiger partial charge in [0.1, 0.15) is 0 Å². The van der Waals surface area contributed by atoms with Gasteiger partial charge in [-0.25, -0.2) is 13.9 Å². The van der Waals surface area contributed by atoms with Crippen molar-refractivity contribution in [2.45, 2.75) is 30.8 Å². The first-order chi connectivity index (χ1) is 11.7. The summed E-state index contributed by atoms with van der Waals surface area (Å²) in [7, 11) is -4.29. The van der Waals surface area contributed by atoms with Crippen molar-refractivity contribution in [1.29, 1.82) is 0 Å². The van der Waals surface area contributed by atoms with Crippen molar-refractivity contribution in [2.75, 3.05) is 19.7 Å². The zero-order valence-electron chi connectivity index (χ0n) is 13.5. The fraction of sp³-hybridized carbons (Fsp3) is 0.533. The van der Waals surface area contributed by atoms with Gasteiger partial charge in [0.25, 0.3) is 0 Å². The van der Waals surface area contributed by atoms with Crippen molar-refractivity contribution in [3.05, 3.63) is 29.8 Å². The van der Waals surface area contributed by atoms with Gasteiger partial charge >= 0.3 is 6.18 Å². The Bertz CT molecular complexity index is 714. The van der Waals surface area contributed by atoms with Crippen molar-refractivity contribution in [2.24, 2.45) is 5.92 Å². The number of hydrogen-bond donors (Lipinski definition) is 1. The number of carbonyl (C=O) groups is 1. The van der Waals surface area contributed by atoms with Crippen LogP contribution in [0.15, 0.2) is 29.2 Å². The zero-order chi connectivity index (χ0) is 18.7.